The van der Waals surface area contributed by atoms with E-state index in [4.69, 9.17) is 5.11 Å². The van der Waals surface area contributed by atoms with E-state index in [1.165, 1.54) is 0 Å². The molecule has 1 atom stereocenters. The monoisotopic (exact) mass is 244 g/mol. The summed E-state index contributed by atoms with van der Waals surface area (Å²) >= 11 is 3.29. The van der Waals surface area contributed by atoms with Crippen LogP contribution in [0, 0.1) is 6.92 Å². The minimum Gasteiger partial charge on any atom is -0.394 e. The largest absolute Gasteiger partial charge is 0.394 e. The molecule has 0 bridgehead atoms. The van der Waals surface area contributed by atoms with Crippen molar-refractivity contribution in [3.8, 4) is 0 Å². The van der Waals surface area contributed by atoms with Gasteiger partial charge < -0.3 is 10.4 Å². The van der Waals surface area contributed by atoms with Crippen LogP contribution in [0.25, 0.3) is 0 Å². The highest BCUT2D eigenvalue weighted by Gasteiger charge is 2.03. The fraction of sp³-hybridized carbons (Fsp3) is 0.444. The first kappa shape index (κ1) is 10.5. The molecule has 3 nitrogen and oxygen atoms in total. The predicted octanol–water partition coefficient (Wildman–Crippen LogP) is 1.95. The summed E-state index contributed by atoms with van der Waals surface area (Å²) in [6.45, 7) is 4.04. The number of aryl methyl sites for hydroxylation is 1. The first-order valence-electron chi connectivity index (χ1n) is 4.13. The first-order chi connectivity index (χ1) is 6.13. The normalized spacial score (nSPS) is 12.6. The number of aliphatic hydroxyl groups excluding tert-OH is 1. The lowest BCUT2D eigenvalue weighted by Gasteiger charge is -2.13. The summed E-state index contributed by atoms with van der Waals surface area (Å²) in [5, 5.41) is 12.0. The Balaban J connectivity index is 2.77. The summed E-state index contributed by atoms with van der Waals surface area (Å²) in [7, 11) is 0. The molecular formula is C9H13BrN2O. The van der Waals surface area contributed by atoms with Crippen LogP contribution in [-0.2, 0) is 0 Å². The second-order valence-electron chi connectivity index (χ2n) is 3.05. The molecule has 0 saturated carbocycles. The Hall–Kier alpha value is -0.610. The van der Waals surface area contributed by atoms with Crippen LogP contribution in [-0.4, -0.2) is 22.7 Å². The average molecular weight is 245 g/mol. The molecule has 1 aromatic heterocycles. The smallest absolute Gasteiger partial charge is 0.106 e. The predicted molar refractivity (Wildman–Crippen MR) is 56.8 cm³/mol. The van der Waals surface area contributed by atoms with Gasteiger partial charge in [0.25, 0.3) is 0 Å². The van der Waals surface area contributed by atoms with E-state index in [1.54, 1.807) is 6.20 Å². The van der Waals surface area contributed by atoms with Crippen molar-refractivity contribution >= 4 is 21.6 Å². The van der Waals surface area contributed by atoms with Gasteiger partial charge in [-0.05, 0) is 41.4 Å². The van der Waals surface area contributed by atoms with Gasteiger partial charge in [-0.3, -0.25) is 0 Å². The first-order valence-corrected chi connectivity index (χ1v) is 4.92. The van der Waals surface area contributed by atoms with Gasteiger partial charge in [0, 0.05) is 6.04 Å². The van der Waals surface area contributed by atoms with Gasteiger partial charge in [0.05, 0.1) is 18.5 Å². The van der Waals surface area contributed by atoms with Crippen LogP contribution in [0.4, 0.5) is 5.69 Å². The van der Waals surface area contributed by atoms with Gasteiger partial charge in [-0.1, -0.05) is 0 Å². The van der Waals surface area contributed by atoms with E-state index in [2.05, 4.69) is 26.2 Å². The fourth-order valence-electron chi connectivity index (χ4n) is 0.984. The van der Waals surface area contributed by atoms with Crippen LogP contribution < -0.4 is 5.32 Å². The molecule has 0 aliphatic heterocycles. The number of pyridine rings is 1. The van der Waals surface area contributed by atoms with Crippen molar-refractivity contribution in [3.05, 3.63) is 22.4 Å². The Morgan fingerprint density at radius 3 is 2.92 bits per heavy atom. The molecule has 0 spiro atoms. The Bertz CT molecular complexity index is 291. The lowest BCUT2D eigenvalue weighted by Crippen LogP contribution is -2.19. The second-order valence-corrected chi connectivity index (χ2v) is 3.86. The van der Waals surface area contributed by atoms with Crippen molar-refractivity contribution in [1.29, 1.82) is 0 Å². The highest BCUT2D eigenvalue weighted by Crippen LogP contribution is 2.17. The van der Waals surface area contributed by atoms with E-state index >= 15 is 0 Å². The van der Waals surface area contributed by atoms with Gasteiger partial charge in [0.2, 0.25) is 0 Å². The molecule has 72 valence electrons. The molecule has 0 aromatic carbocycles. The summed E-state index contributed by atoms with van der Waals surface area (Å²) in [5.41, 5.74) is 2.08. The van der Waals surface area contributed by atoms with Crippen LogP contribution in [0.15, 0.2) is 16.9 Å². The average Bonchev–Trinajstić information content (AvgIpc) is 2.09. The van der Waals surface area contributed by atoms with Crippen molar-refractivity contribution in [3.63, 3.8) is 0 Å². The minimum absolute atomic E-state index is 0.0571. The molecule has 0 amide bonds. The minimum atomic E-state index is 0.0571. The molecule has 1 heterocycles. The fourth-order valence-corrected chi connectivity index (χ4v) is 1.43. The maximum Gasteiger partial charge on any atom is 0.106 e. The lowest BCUT2D eigenvalue weighted by atomic mass is 10.2. The standard InChI is InChI=1S/C9H13BrN2O/c1-6-3-9(10)11-4-8(6)12-7(2)5-13/h3-4,7,12-13H,5H2,1-2H3/t7-/m0/s1. The van der Waals surface area contributed by atoms with E-state index in [9.17, 15) is 0 Å². The third kappa shape index (κ3) is 2.97. The molecule has 0 unspecified atom stereocenters. The zero-order valence-electron chi connectivity index (χ0n) is 7.71. The molecule has 0 saturated heterocycles. The van der Waals surface area contributed by atoms with Gasteiger partial charge in [-0.2, -0.15) is 0 Å². The molecule has 13 heavy (non-hydrogen) atoms. The number of nitrogens with one attached hydrogen (secondary N) is 1. The Kier molecular flexibility index (Phi) is 3.69. The van der Waals surface area contributed by atoms with Crippen molar-refractivity contribution < 1.29 is 5.11 Å². The highest BCUT2D eigenvalue weighted by molar-refractivity contribution is 9.10. The second kappa shape index (κ2) is 4.58. The summed E-state index contributed by atoms with van der Waals surface area (Å²) in [4.78, 5) is 4.10. The van der Waals surface area contributed by atoms with Gasteiger partial charge in [-0.25, -0.2) is 4.98 Å². The van der Waals surface area contributed by atoms with E-state index in [0.717, 1.165) is 15.9 Å². The van der Waals surface area contributed by atoms with E-state index < -0.39 is 0 Å². The van der Waals surface area contributed by atoms with Gasteiger partial charge in [0.1, 0.15) is 4.60 Å². The number of hydrogen-bond acceptors (Lipinski definition) is 3. The molecule has 0 fully saturated rings. The van der Waals surface area contributed by atoms with Crippen LogP contribution in [0.5, 0.6) is 0 Å². The Morgan fingerprint density at radius 1 is 1.69 bits per heavy atom. The van der Waals surface area contributed by atoms with Crippen molar-refractivity contribution in [2.75, 3.05) is 11.9 Å². The summed E-state index contributed by atoms with van der Waals surface area (Å²) < 4.78 is 0.826. The van der Waals surface area contributed by atoms with E-state index in [0.29, 0.717) is 0 Å². The molecule has 4 heteroatoms. The van der Waals surface area contributed by atoms with Crippen LogP contribution in [0.3, 0.4) is 0 Å². The molecule has 1 rings (SSSR count). The molecule has 2 N–H and O–H groups in total. The van der Waals surface area contributed by atoms with Crippen LogP contribution in [0.1, 0.15) is 12.5 Å². The summed E-state index contributed by atoms with van der Waals surface area (Å²) in [6.07, 6.45) is 1.76. The van der Waals surface area contributed by atoms with E-state index in [1.807, 2.05) is 19.9 Å². The lowest BCUT2D eigenvalue weighted by molar-refractivity contribution is 0.281. The number of halogens is 1. The molecule has 0 aliphatic carbocycles. The maximum atomic E-state index is 8.85. The number of hydrogen-bond donors (Lipinski definition) is 2. The topological polar surface area (TPSA) is 45.2 Å². The molecule has 0 aliphatic rings. The zero-order valence-corrected chi connectivity index (χ0v) is 9.30. The number of aromatic nitrogens is 1. The molecular weight excluding hydrogens is 232 g/mol. The quantitative estimate of drug-likeness (QED) is 0.800. The van der Waals surface area contributed by atoms with Crippen molar-refractivity contribution in [2.45, 2.75) is 19.9 Å². The van der Waals surface area contributed by atoms with Gasteiger partial charge >= 0.3 is 0 Å². The molecule has 1 aromatic rings. The maximum absolute atomic E-state index is 8.85. The van der Waals surface area contributed by atoms with E-state index in [-0.39, 0.29) is 12.6 Å². The highest BCUT2D eigenvalue weighted by atomic mass is 79.9. The summed E-state index contributed by atoms with van der Waals surface area (Å²) in [5.74, 6) is 0. The van der Waals surface area contributed by atoms with Crippen molar-refractivity contribution in [1.82, 2.24) is 4.98 Å². The van der Waals surface area contributed by atoms with Crippen LogP contribution >= 0.6 is 15.9 Å². The molecule has 0 radical (unpaired) electrons. The third-order valence-electron chi connectivity index (χ3n) is 1.75. The Morgan fingerprint density at radius 2 is 2.38 bits per heavy atom. The number of aliphatic hydroxyl groups is 1. The number of rotatable bonds is 3. The zero-order chi connectivity index (χ0) is 9.84. The Labute approximate surface area is 86.3 Å². The van der Waals surface area contributed by atoms with Gasteiger partial charge in [-0.15, -0.1) is 0 Å². The number of anilines is 1. The van der Waals surface area contributed by atoms with Crippen LogP contribution in [0.2, 0.25) is 0 Å². The number of nitrogens with zero attached hydrogens (tertiary/aromatic N) is 1. The third-order valence-corrected chi connectivity index (χ3v) is 2.19. The summed E-state index contributed by atoms with van der Waals surface area (Å²) in [6, 6.07) is 1.99. The SMILES string of the molecule is Cc1cc(Br)ncc1N[C@@H](C)CO. The van der Waals surface area contributed by atoms with Crippen molar-refractivity contribution in [2.24, 2.45) is 0 Å². The van der Waals surface area contributed by atoms with Gasteiger partial charge in [0.15, 0.2) is 0 Å².